The molecule has 0 saturated carbocycles. The number of benzene rings is 4. The monoisotopic (exact) mass is 595 g/mol. The van der Waals surface area contributed by atoms with Crippen molar-refractivity contribution < 1.29 is 31.1 Å². The smallest absolute Gasteiger partial charge is 0.264 e. The highest BCUT2D eigenvalue weighted by Gasteiger charge is 2.29. The summed E-state index contributed by atoms with van der Waals surface area (Å²) in [4.78, 5) is 13.1. The van der Waals surface area contributed by atoms with Crippen molar-refractivity contribution in [1.82, 2.24) is 0 Å². The van der Waals surface area contributed by atoms with Crippen LogP contribution in [0.5, 0.6) is 11.5 Å². The number of hydrogen-bond acceptors (Lipinski definition) is 7. The zero-order valence-electron chi connectivity index (χ0n) is 22.6. The van der Waals surface area contributed by atoms with Gasteiger partial charge in [0.25, 0.3) is 20.0 Å². The lowest BCUT2D eigenvalue weighted by molar-refractivity contribution is -0.114. The van der Waals surface area contributed by atoms with Crippen molar-refractivity contribution in [1.29, 1.82) is 0 Å². The minimum atomic E-state index is -4.19. The summed E-state index contributed by atoms with van der Waals surface area (Å²) in [7, 11) is -5.20. The molecule has 4 rings (SSSR count). The van der Waals surface area contributed by atoms with Gasteiger partial charge in [-0.3, -0.25) is 13.8 Å². The predicted octanol–water partition coefficient (Wildman–Crippen LogP) is 4.65. The average molecular weight is 596 g/mol. The molecule has 2 N–H and O–H groups in total. The van der Waals surface area contributed by atoms with Gasteiger partial charge in [-0.1, -0.05) is 30.3 Å². The highest BCUT2D eigenvalue weighted by molar-refractivity contribution is 7.93. The number of carbonyl (C=O) groups is 1. The maximum Gasteiger partial charge on any atom is 0.264 e. The molecule has 0 radical (unpaired) electrons. The lowest BCUT2D eigenvalue weighted by Gasteiger charge is -2.26. The van der Waals surface area contributed by atoms with Gasteiger partial charge >= 0.3 is 0 Å². The number of ether oxygens (including phenoxy) is 2. The Kier molecular flexibility index (Phi) is 8.84. The topological polar surface area (TPSA) is 131 Å². The average Bonchev–Trinajstić information content (AvgIpc) is 2.96. The van der Waals surface area contributed by atoms with Gasteiger partial charge in [-0.2, -0.15) is 0 Å². The molecule has 0 aliphatic carbocycles. The zero-order valence-corrected chi connectivity index (χ0v) is 24.2. The molecule has 0 aliphatic heterocycles. The predicted molar refractivity (Wildman–Crippen MR) is 158 cm³/mol. The van der Waals surface area contributed by atoms with Crippen LogP contribution in [0.3, 0.4) is 0 Å². The summed E-state index contributed by atoms with van der Waals surface area (Å²) in [6, 6.07) is 24.8. The molecule has 41 heavy (non-hydrogen) atoms. The fourth-order valence-corrected chi connectivity index (χ4v) is 6.48. The molecule has 0 aliphatic rings. The van der Waals surface area contributed by atoms with E-state index in [0.717, 1.165) is 9.87 Å². The van der Waals surface area contributed by atoms with E-state index < -0.39 is 32.5 Å². The van der Waals surface area contributed by atoms with E-state index in [9.17, 15) is 21.6 Å². The van der Waals surface area contributed by atoms with Crippen molar-refractivity contribution >= 4 is 43.0 Å². The van der Waals surface area contributed by atoms with E-state index in [1.54, 1.807) is 42.5 Å². The van der Waals surface area contributed by atoms with Crippen LogP contribution < -0.4 is 23.8 Å². The molecule has 10 nitrogen and oxygen atoms in total. The summed E-state index contributed by atoms with van der Waals surface area (Å²) in [5.74, 6) is -0.0257. The quantitative estimate of drug-likeness (QED) is 0.258. The van der Waals surface area contributed by atoms with Crippen LogP contribution >= 0.6 is 0 Å². The Bertz CT molecular complexity index is 1740. The van der Waals surface area contributed by atoms with Gasteiger partial charge in [0.2, 0.25) is 5.91 Å². The normalized spacial score (nSPS) is 11.4. The molecule has 1 amide bonds. The maximum absolute atomic E-state index is 13.7. The second kappa shape index (κ2) is 12.3. The standard InChI is InChI=1S/C29H29N3O7S2/c1-21-8-7-9-23(18-21)31-40(34,35)25-15-12-22(13-16-25)30-29(33)20-32(41(36,37)26-10-5-4-6-11-26)27-17-14-24(38-2)19-28(27)39-3/h4-19,31H,20H2,1-3H3,(H,30,33). The molecule has 0 unspecified atom stereocenters. The molecule has 12 heteroatoms. The van der Waals surface area contributed by atoms with Gasteiger partial charge in [-0.05, 0) is 73.2 Å². The Morgan fingerprint density at radius 3 is 2.10 bits per heavy atom. The van der Waals surface area contributed by atoms with E-state index in [4.69, 9.17) is 9.47 Å². The number of carbonyl (C=O) groups excluding carboxylic acids is 1. The van der Waals surface area contributed by atoms with E-state index in [1.807, 2.05) is 13.0 Å². The summed E-state index contributed by atoms with van der Waals surface area (Å²) < 4.78 is 67.0. The van der Waals surface area contributed by atoms with Gasteiger partial charge in [-0.25, -0.2) is 16.8 Å². The molecule has 0 atom stereocenters. The number of nitrogens with one attached hydrogen (secondary N) is 2. The second-order valence-corrected chi connectivity index (χ2v) is 12.5. The Balaban J connectivity index is 1.57. The van der Waals surface area contributed by atoms with Crippen LogP contribution in [0.4, 0.5) is 17.1 Å². The molecule has 4 aromatic rings. The molecular formula is C29H29N3O7S2. The van der Waals surface area contributed by atoms with Crippen molar-refractivity contribution in [3.05, 3.63) is 103 Å². The van der Waals surface area contributed by atoms with Gasteiger partial charge in [0, 0.05) is 17.4 Å². The van der Waals surface area contributed by atoms with Crippen molar-refractivity contribution in [2.45, 2.75) is 16.7 Å². The highest BCUT2D eigenvalue weighted by Crippen LogP contribution is 2.35. The van der Waals surface area contributed by atoms with Crippen molar-refractivity contribution in [2.24, 2.45) is 0 Å². The van der Waals surface area contributed by atoms with E-state index in [1.165, 1.54) is 62.8 Å². The van der Waals surface area contributed by atoms with Crippen molar-refractivity contribution in [3.8, 4) is 11.5 Å². The summed E-state index contributed by atoms with van der Waals surface area (Å²) in [6.07, 6.45) is 0. The van der Waals surface area contributed by atoms with Crippen LogP contribution in [0.25, 0.3) is 0 Å². The van der Waals surface area contributed by atoms with Crippen LogP contribution in [-0.2, 0) is 24.8 Å². The van der Waals surface area contributed by atoms with Crippen LogP contribution in [0.15, 0.2) is 107 Å². The van der Waals surface area contributed by atoms with Crippen LogP contribution in [0.1, 0.15) is 5.56 Å². The first-order valence-electron chi connectivity index (χ1n) is 12.3. The molecule has 0 fully saturated rings. The van der Waals surface area contributed by atoms with Gasteiger partial charge < -0.3 is 14.8 Å². The molecule has 0 saturated heterocycles. The summed E-state index contributed by atoms with van der Waals surface area (Å²) in [5.41, 5.74) is 1.74. The third kappa shape index (κ3) is 6.97. The van der Waals surface area contributed by atoms with E-state index >= 15 is 0 Å². The first kappa shape index (κ1) is 29.4. The maximum atomic E-state index is 13.7. The molecule has 4 aromatic carbocycles. The third-order valence-corrected chi connectivity index (χ3v) is 9.16. The number of sulfonamides is 2. The Labute approximate surface area is 239 Å². The third-order valence-electron chi connectivity index (χ3n) is 5.99. The van der Waals surface area contributed by atoms with Crippen molar-refractivity contribution in [2.75, 3.05) is 35.1 Å². The Morgan fingerprint density at radius 1 is 0.756 bits per heavy atom. The lowest BCUT2D eigenvalue weighted by Crippen LogP contribution is -2.38. The minimum Gasteiger partial charge on any atom is -0.497 e. The van der Waals surface area contributed by atoms with E-state index in [0.29, 0.717) is 11.4 Å². The summed E-state index contributed by atoms with van der Waals surface area (Å²) in [5, 5.41) is 2.64. The first-order chi connectivity index (χ1) is 19.5. The number of anilines is 3. The number of nitrogens with zero attached hydrogens (tertiary/aromatic N) is 1. The molecule has 0 spiro atoms. The number of aryl methyl sites for hydroxylation is 1. The first-order valence-corrected chi connectivity index (χ1v) is 15.2. The van der Waals surface area contributed by atoms with Gasteiger partial charge in [0.1, 0.15) is 18.0 Å². The second-order valence-electron chi connectivity index (χ2n) is 8.91. The van der Waals surface area contributed by atoms with E-state index in [-0.39, 0.29) is 26.9 Å². The minimum absolute atomic E-state index is 0.00624. The van der Waals surface area contributed by atoms with Gasteiger partial charge in [0.05, 0.1) is 29.7 Å². The van der Waals surface area contributed by atoms with Gasteiger partial charge in [0.15, 0.2) is 0 Å². The highest BCUT2D eigenvalue weighted by atomic mass is 32.2. The molecule has 0 aromatic heterocycles. The summed E-state index contributed by atoms with van der Waals surface area (Å²) >= 11 is 0. The molecule has 0 heterocycles. The number of methoxy groups -OCH3 is 2. The number of amides is 1. The van der Waals surface area contributed by atoms with E-state index in [2.05, 4.69) is 10.0 Å². The number of rotatable bonds is 11. The largest absolute Gasteiger partial charge is 0.497 e. The van der Waals surface area contributed by atoms with Crippen molar-refractivity contribution in [3.63, 3.8) is 0 Å². The van der Waals surface area contributed by atoms with Gasteiger partial charge in [-0.15, -0.1) is 0 Å². The zero-order chi connectivity index (χ0) is 29.6. The molecule has 0 bridgehead atoms. The SMILES string of the molecule is COc1ccc(N(CC(=O)Nc2ccc(S(=O)(=O)Nc3cccc(C)c3)cc2)S(=O)(=O)c2ccccc2)c(OC)c1. The Morgan fingerprint density at radius 2 is 1.46 bits per heavy atom. The lowest BCUT2D eigenvalue weighted by atomic mass is 10.2. The van der Waals surface area contributed by atoms with Crippen LogP contribution in [-0.4, -0.2) is 43.5 Å². The van der Waals surface area contributed by atoms with Crippen LogP contribution in [0.2, 0.25) is 0 Å². The van der Waals surface area contributed by atoms with Crippen LogP contribution in [0, 0.1) is 6.92 Å². The number of hydrogen-bond donors (Lipinski definition) is 2. The fourth-order valence-electron chi connectivity index (χ4n) is 3.98. The fraction of sp³-hybridized carbons (Fsp3) is 0.138. The molecular weight excluding hydrogens is 566 g/mol. The summed E-state index contributed by atoms with van der Waals surface area (Å²) in [6.45, 7) is 1.26. The Hall–Kier alpha value is -4.55. The molecule has 214 valence electrons.